The van der Waals surface area contributed by atoms with Crippen molar-refractivity contribution in [2.24, 2.45) is 0 Å². The maximum Gasteiger partial charge on any atom is 0.349 e. The van der Waals surface area contributed by atoms with Crippen LogP contribution in [-0.4, -0.2) is 12.5 Å². The van der Waals surface area contributed by atoms with Gasteiger partial charge in [0.1, 0.15) is 11.1 Å². The minimum atomic E-state index is -0.640. The van der Waals surface area contributed by atoms with Crippen LogP contribution in [0.3, 0.4) is 0 Å². The molecule has 1 N–H and O–H groups in total. The van der Waals surface area contributed by atoms with E-state index >= 15 is 0 Å². The Labute approximate surface area is 109 Å². The molecule has 94 valence electrons. The van der Waals surface area contributed by atoms with Gasteiger partial charge in [0, 0.05) is 17.0 Å². The van der Waals surface area contributed by atoms with E-state index in [-0.39, 0.29) is 5.56 Å². The van der Waals surface area contributed by atoms with Crippen LogP contribution < -0.4 is 10.9 Å². The highest BCUT2D eigenvalue weighted by molar-refractivity contribution is 6.31. The summed E-state index contributed by atoms with van der Waals surface area (Å²) in [6.07, 6.45) is 0.802. The Morgan fingerprint density at radius 2 is 2.17 bits per heavy atom. The van der Waals surface area contributed by atoms with Crippen molar-refractivity contribution in [3.05, 3.63) is 45.3 Å². The minimum absolute atomic E-state index is 0.00165. The van der Waals surface area contributed by atoms with Gasteiger partial charge >= 0.3 is 5.63 Å². The molecule has 0 unspecified atom stereocenters. The number of amides is 1. The Bertz CT molecular complexity index is 648. The number of fused-ring (bicyclic) bond motifs is 1. The fraction of sp³-hybridized carbons (Fsp3) is 0.231. The van der Waals surface area contributed by atoms with Crippen molar-refractivity contribution in [2.45, 2.75) is 13.3 Å². The van der Waals surface area contributed by atoms with Crippen LogP contribution in [0.4, 0.5) is 0 Å². The molecule has 0 aliphatic heterocycles. The fourth-order valence-corrected chi connectivity index (χ4v) is 1.77. The first kappa shape index (κ1) is 12.6. The zero-order valence-electron chi connectivity index (χ0n) is 9.83. The summed E-state index contributed by atoms with van der Waals surface area (Å²) in [6, 6.07) is 6.38. The Balaban J connectivity index is 2.48. The van der Waals surface area contributed by atoms with Crippen molar-refractivity contribution in [1.29, 1.82) is 0 Å². The molecule has 4 nitrogen and oxygen atoms in total. The van der Waals surface area contributed by atoms with Gasteiger partial charge in [-0.3, -0.25) is 4.79 Å². The first-order valence-electron chi connectivity index (χ1n) is 5.63. The molecule has 5 heteroatoms. The van der Waals surface area contributed by atoms with Crippen molar-refractivity contribution >= 4 is 28.5 Å². The van der Waals surface area contributed by atoms with Gasteiger partial charge in [0.2, 0.25) is 0 Å². The molecule has 1 amide bonds. The molecule has 0 spiro atoms. The molecule has 2 rings (SSSR count). The summed E-state index contributed by atoms with van der Waals surface area (Å²) < 4.78 is 5.07. The second-order valence-corrected chi connectivity index (χ2v) is 4.32. The third-order valence-corrected chi connectivity index (χ3v) is 2.71. The number of hydrogen-bond acceptors (Lipinski definition) is 3. The van der Waals surface area contributed by atoms with Gasteiger partial charge in [-0.05, 0) is 30.7 Å². The highest BCUT2D eigenvalue weighted by Crippen LogP contribution is 2.18. The molecule has 0 aliphatic carbocycles. The van der Waals surface area contributed by atoms with Gasteiger partial charge in [-0.25, -0.2) is 4.79 Å². The number of carbonyl (C=O) groups is 1. The highest BCUT2D eigenvalue weighted by Gasteiger charge is 2.12. The molecule has 1 aromatic heterocycles. The smallest absolute Gasteiger partial charge is 0.349 e. The maximum atomic E-state index is 11.7. The molecule has 18 heavy (non-hydrogen) atoms. The van der Waals surface area contributed by atoms with Crippen molar-refractivity contribution in [3.63, 3.8) is 0 Å². The summed E-state index contributed by atoms with van der Waals surface area (Å²) in [5.41, 5.74) is -0.229. The number of carbonyl (C=O) groups excluding carboxylic acids is 1. The number of nitrogens with one attached hydrogen (secondary N) is 1. The van der Waals surface area contributed by atoms with E-state index in [1.54, 1.807) is 18.2 Å². The van der Waals surface area contributed by atoms with E-state index in [1.807, 2.05) is 6.92 Å². The summed E-state index contributed by atoms with van der Waals surface area (Å²) in [6.45, 7) is 2.45. The van der Waals surface area contributed by atoms with Gasteiger partial charge in [-0.2, -0.15) is 0 Å². The first-order valence-corrected chi connectivity index (χ1v) is 6.01. The van der Waals surface area contributed by atoms with Crippen molar-refractivity contribution in [2.75, 3.05) is 6.54 Å². The molecular weight excluding hydrogens is 254 g/mol. The molecule has 1 heterocycles. The minimum Gasteiger partial charge on any atom is -0.422 e. The molecule has 0 saturated heterocycles. The quantitative estimate of drug-likeness (QED) is 0.868. The van der Waals surface area contributed by atoms with Crippen LogP contribution in [0.5, 0.6) is 0 Å². The molecule has 0 aliphatic rings. The molecular formula is C13H12ClNO3. The van der Waals surface area contributed by atoms with Crippen molar-refractivity contribution < 1.29 is 9.21 Å². The zero-order chi connectivity index (χ0) is 13.1. The van der Waals surface area contributed by atoms with Crippen molar-refractivity contribution in [3.8, 4) is 0 Å². The van der Waals surface area contributed by atoms with E-state index in [4.69, 9.17) is 16.0 Å². The lowest BCUT2D eigenvalue weighted by Crippen LogP contribution is -2.28. The standard InChI is InChI=1S/C13H12ClNO3/c1-2-5-15-12(16)10-7-8-6-9(14)3-4-11(8)18-13(10)17/h3-4,6-7H,2,5H2,1H3,(H,15,16). The third-order valence-electron chi connectivity index (χ3n) is 2.47. The third kappa shape index (κ3) is 2.54. The predicted octanol–water partition coefficient (Wildman–Crippen LogP) is 2.59. The summed E-state index contributed by atoms with van der Waals surface area (Å²) in [5.74, 6) is -0.424. The largest absolute Gasteiger partial charge is 0.422 e. The van der Waals surface area contributed by atoms with E-state index < -0.39 is 11.5 Å². The zero-order valence-corrected chi connectivity index (χ0v) is 10.6. The summed E-state index contributed by atoms with van der Waals surface area (Å²) in [7, 11) is 0. The average Bonchev–Trinajstić information content (AvgIpc) is 2.35. The van der Waals surface area contributed by atoms with Crippen LogP contribution in [0.25, 0.3) is 11.0 Å². The predicted molar refractivity (Wildman–Crippen MR) is 70.1 cm³/mol. The monoisotopic (exact) mass is 265 g/mol. The van der Waals surface area contributed by atoms with Crippen LogP contribution in [0.15, 0.2) is 33.5 Å². The normalized spacial score (nSPS) is 10.6. The SMILES string of the molecule is CCCNC(=O)c1cc2cc(Cl)ccc2oc1=O. The van der Waals surface area contributed by atoms with Gasteiger partial charge < -0.3 is 9.73 Å². The molecule has 0 saturated carbocycles. The van der Waals surface area contributed by atoms with Crippen LogP contribution >= 0.6 is 11.6 Å². The Morgan fingerprint density at radius 3 is 2.89 bits per heavy atom. The lowest BCUT2D eigenvalue weighted by Gasteiger charge is -2.03. The Kier molecular flexibility index (Phi) is 3.67. The number of halogens is 1. The van der Waals surface area contributed by atoms with E-state index in [0.717, 1.165) is 6.42 Å². The molecule has 0 atom stereocenters. The molecule has 0 bridgehead atoms. The highest BCUT2D eigenvalue weighted by atomic mass is 35.5. The van der Waals surface area contributed by atoms with E-state index in [1.165, 1.54) is 6.07 Å². The first-order chi connectivity index (χ1) is 8.61. The lowest BCUT2D eigenvalue weighted by molar-refractivity contribution is 0.0950. The fourth-order valence-electron chi connectivity index (χ4n) is 1.59. The summed E-state index contributed by atoms with van der Waals surface area (Å²) in [4.78, 5) is 23.4. The van der Waals surface area contributed by atoms with E-state index in [2.05, 4.69) is 5.32 Å². The second kappa shape index (κ2) is 5.23. The average molecular weight is 266 g/mol. The van der Waals surface area contributed by atoms with Crippen molar-refractivity contribution in [1.82, 2.24) is 5.32 Å². The van der Waals surface area contributed by atoms with Gasteiger partial charge in [0.25, 0.3) is 5.91 Å². The van der Waals surface area contributed by atoms with E-state index in [9.17, 15) is 9.59 Å². The van der Waals surface area contributed by atoms with Crippen LogP contribution in [0.2, 0.25) is 5.02 Å². The molecule has 2 aromatic rings. The van der Waals surface area contributed by atoms with Gasteiger partial charge in [0.05, 0.1) is 0 Å². The van der Waals surface area contributed by atoms with Crippen LogP contribution in [0, 0.1) is 0 Å². The number of rotatable bonds is 3. The summed E-state index contributed by atoms with van der Waals surface area (Å²) in [5, 5.41) is 3.79. The van der Waals surface area contributed by atoms with Gasteiger partial charge in [-0.15, -0.1) is 0 Å². The lowest BCUT2D eigenvalue weighted by atomic mass is 10.2. The topological polar surface area (TPSA) is 59.3 Å². The number of benzene rings is 1. The Morgan fingerprint density at radius 1 is 1.39 bits per heavy atom. The number of hydrogen-bond donors (Lipinski definition) is 1. The molecule has 1 aromatic carbocycles. The maximum absolute atomic E-state index is 11.7. The summed E-state index contributed by atoms with van der Waals surface area (Å²) >= 11 is 5.85. The van der Waals surface area contributed by atoms with Gasteiger partial charge in [-0.1, -0.05) is 18.5 Å². The van der Waals surface area contributed by atoms with Crippen LogP contribution in [-0.2, 0) is 0 Å². The second-order valence-electron chi connectivity index (χ2n) is 3.89. The molecule has 0 radical (unpaired) electrons. The van der Waals surface area contributed by atoms with Crippen LogP contribution in [0.1, 0.15) is 23.7 Å². The molecule has 0 fully saturated rings. The van der Waals surface area contributed by atoms with Gasteiger partial charge in [0.15, 0.2) is 0 Å². The van der Waals surface area contributed by atoms with E-state index in [0.29, 0.717) is 22.5 Å². The Hall–Kier alpha value is -1.81.